The Morgan fingerprint density at radius 2 is 2.24 bits per heavy atom. The highest BCUT2D eigenvalue weighted by Crippen LogP contribution is 2.17. The summed E-state index contributed by atoms with van der Waals surface area (Å²) in [6.45, 7) is 5.21. The number of nitrogens with zero attached hydrogens (tertiary/aromatic N) is 1. The number of rotatable bonds is 6. The number of benzene rings is 1. The summed E-state index contributed by atoms with van der Waals surface area (Å²) in [5.41, 5.74) is 1.89. The molecule has 1 unspecified atom stereocenters. The van der Waals surface area contributed by atoms with Crippen LogP contribution in [0.5, 0.6) is 0 Å². The molecule has 6 nitrogen and oxygen atoms in total. The first-order chi connectivity index (χ1) is 10.2. The third-order valence-electron chi connectivity index (χ3n) is 3.08. The van der Waals surface area contributed by atoms with Crippen LogP contribution in [0, 0.1) is 0 Å². The molecule has 4 N–H and O–H groups in total. The number of H-pyrrole nitrogens is 1. The highest BCUT2D eigenvalue weighted by Gasteiger charge is 2.07. The van der Waals surface area contributed by atoms with Gasteiger partial charge in [-0.25, -0.2) is 9.78 Å². The molecule has 0 saturated carbocycles. The summed E-state index contributed by atoms with van der Waals surface area (Å²) in [6, 6.07) is 7.73. The first-order valence-corrected chi connectivity index (χ1v) is 7.09. The lowest BCUT2D eigenvalue weighted by Crippen LogP contribution is -2.21. The Bertz CT molecular complexity index is 567. The molecule has 1 atom stereocenters. The molecule has 6 heteroatoms. The van der Waals surface area contributed by atoms with Gasteiger partial charge in [-0.1, -0.05) is 19.1 Å². The van der Waals surface area contributed by atoms with E-state index in [-0.39, 0.29) is 12.1 Å². The molecule has 1 heterocycles. The molecule has 0 saturated heterocycles. The minimum atomic E-state index is -0.323. The van der Waals surface area contributed by atoms with E-state index < -0.39 is 0 Å². The highest BCUT2D eigenvalue weighted by molar-refractivity contribution is 5.98. The fourth-order valence-corrected chi connectivity index (χ4v) is 1.97. The number of carbonyl (C=O) groups excluding carboxylic acids is 1. The smallest absolute Gasteiger partial charge is 0.326 e. The molecule has 0 aliphatic carbocycles. The monoisotopic (exact) mass is 287 g/mol. The van der Waals surface area contributed by atoms with Crippen molar-refractivity contribution in [2.75, 3.05) is 17.2 Å². The maximum atomic E-state index is 11.8. The summed E-state index contributed by atoms with van der Waals surface area (Å²) in [5.74, 6) is 0.418. The fraction of sp³-hybridized carbons (Fsp3) is 0.333. The van der Waals surface area contributed by atoms with E-state index in [1.165, 1.54) is 0 Å². The molecule has 0 aliphatic rings. The molecule has 0 radical (unpaired) electrons. The number of imidazole rings is 1. The number of urea groups is 1. The first-order valence-electron chi connectivity index (χ1n) is 7.09. The van der Waals surface area contributed by atoms with Crippen molar-refractivity contribution < 1.29 is 4.79 Å². The average molecular weight is 287 g/mol. The van der Waals surface area contributed by atoms with E-state index in [0.717, 1.165) is 24.2 Å². The van der Waals surface area contributed by atoms with Gasteiger partial charge in [0.2, 0.25) is 5.95 Å². The van der Waals surface area contributed by atoms with Crippen molar-refractivity contribution in [2.24, 2.45) is 0 Å². The van der Waals surface area contributed by atoms with Crippen LogP contribution in [0.1, 0.15) is 31.9 Å². The van der Waals surface area contributed by atoms with Crippen LogP contribution in [0.25, 0.3) is 0 Å². The second-order valence-electron chi connectivity index (χ2n) is 4.82. The van der Waals surface area contributed by atoms with Crippen molar-refractivity contribution in [1.29, 1.82) is 0 Å². The Morgan fingerprint density at radius 1 is 1.38 bits per heavy atom. The van der Waals surface area contributed by atoms with E-state index in [4.69, 9.17) is 0 Å². The molecule has 21 heavy (non-hydrogen) atoms. The Morgan fingerprint density at radius 3 is 2.95 bits per heavy atom. The van der Waals surface area contributed by atoms with Crippen molar-refractivity contribution in [2.45, 2.75) is 26.3 Å². The van der Waals surface area contributed by atoms with E-state index in [1.807, 2.05) is 24.3 Å². The van der Waals surface area contributed by atoms with Gasteiger partial charge in [-0.2, -0.15) is 0 Å². The van der Waals surface area contributed by atoms with Crippen LogP contribution in [0.15, 0.2) is 36.7 Å². The van der Waals surface area contributed by atoms with Crippen LogP contribution in [-0.2, 0) is 0 Å². The number of hydrogen-bond donors (Lipinski definition) is 4. The predicted molar refractivity (Wildman–Crippen MR) is 84.4 cm³/mol. The molecule has 1 aromatic heterocycles. The van der Waals surface area contributed by atoms with Crippen molar-refractivity contribution >= 4 is 17.7 Å². The topological polar surface area (TPSA) is 81.8 Å². The number of amides is 2. The largest absolute Gasteiger partial charge is 0.331 e. The third kappa shape index (κ3) is 4.61. The van der Waals surface area contributed by atoms with Gasteiger partial charge >= 0.3 is 6.03 Å². The number of aromatic amines is 1. The zero-order chi connectivity index (χ0) is 15.1. The van der Waals surface area contributed by atoms with Crippen LogP contribution in [0.4, 0.5) is 16.4 Å². The van der Waals surface area contributed by atoms with Gasteiger partial charge in [-0.3, -0.25) is 5.32 Å². The Balaban J connectivity index is 1.95. The highest BCUT2D eigenvalue weighted by atomic mass is 16.2. The van der Waals surface area contributed by atoms with Crippen molar-refractivity contribution in [3.05, 3.63) is 42.2 Å². The zero-order valence-electron chi connectivity index (χ0n) is 12.3. The average Bonchev–Trinajstić information content (AvgIpc) is 2.97. The maximum Gasteiger partial charge on any atom is 0.326 e. The summed E-state index contributed by atoms with van der Waals surface area (Å²) in [4.78, 5) is 18.6. The van der Waals surface area contributed by atoms with Gasteiger partial charge in [0.25, 0.3) is 0 Å². The predicted octanol–water partition coefficient (Wildman–Crippen LogP) is 3.11. The van der Waals surface area contributed by atoms with Crippen LogP contribution in [0.2, 0.25) is 0 Å². The van der Waals surface area contributed by atoms with Gasteiger partial charge in [0.15, 0.2) is 0 Å². The Labute approximate surface area is 124 Å². The molecule has 2 rings (SSSR count). The quantitative estimate of drug-likeness (QED) is 0.659. The molecule has 1 aromatic carbocycles. The van der Waals surface area contributed by atoms with Crippen LogP contribution >= 0.6 is 0 Å². The van der Waals surface area contributed by atoms with Crippen molar-refractivity contribution in [3.63, 3.8) is 0 Å². The summed E-state index contributed by atoms with van der Waals surface area (Å²) in [7, 11) is 0. The summed E-state index contributed by atoms with van der Waals surface area (Å²) < 4.78 is 0. The van der Waals surface area contributed by atoms with Crippen LogP contribution < -0.4 is 16.0 Å². The van der Waals surface area contributed by atoms with Gasteiger partial charge in [0.1, 0.15) is 0 Å². The molecule has 0 aliphatic heterocycles. The summed E-state index contributed by atoms with van der Waals surface area (Å²) in [5, 5.41) is 8.84. The zero-order valence-corrected chi connectivity index (χ0v) is 12.3. The Kier molecular flexibility index (Phi) is 5.34. The number of anilines is 2. The maximum absolute atomic E-state index is 11.8. The van der Waals surface area contributed by atoms with Crippen molar-refractivity contribution in [1.82, 2.24) is 15.3 Å². The number of aromatic nitrogens is 2. The molecule has 2 aromatic rings. The van der Waals surface area contributed by atoms with E-state index in [1.54, 1.807) is 12.4 Å². The lowest BCUT2D eigenvalue weighted by Gasteiger charge is -2.15. The molecular formula is C15H21N5O. The van der Waals surface area contributed by atoms with E-state index in [2.05, 4.69) is 39.8 Å². The van der Waals surface area contributed by atoms with Gasteiger partial charge in [0, 0.05) is 24.1 Å². The Hall–Kier alpha value is -2.34. The number of nitrogens with one attached hydrogen (secondary N) is 4. The number of carbonyl (C=O) groups is 1. The lowest BCUT2D eigenvalue weighted by atomic mass is 10.1. The van der Waals surface area contributed by atoms with Gasteiger partial charge in [-0.15, -0.1) is 0 Å². The van der Waals surface area contributed by atoms with Crippen LogP contribution in [-0.4, -0.2) is 22.5 Å². The minimum absolute atomic E-state index is 0.250. The molecule has 2 amide bonds. The fourth-order valence-electron chi connectivity index (χ4n) is 1.97. The van der Waals surface area contributed by atoms with Gasteiger partial charge in [0.05, 0.1) is 0 Å². The normalized spacial score (nSPS) is 11.9. The van der Waals surface area contributed by atoms with Gasteiger partial charge in [-0.05, 0) is 37.6 Å². The standard InChI is InChI=1S/C15H21N5O/c1-3-7-16-11(2)12-5-4-6-13(10-12)19-15(21)20-14-17-8-9-18-14/h4-6,8-11,16H,3,7H2,1-2H3,(H3,17,18,19,20,21). The van der Waals surface area contributed by atoms with Crippen molar-refractivity contribution in [3.8, 4) is 0 Å². The van der Waals surface area contributed by atoms with E-state index in [9.17, 15) is 4.79 Å². The molecular weight excluding hydrogens is 266 g/mol. The van der Waals surface area contributed by atoms with Gasteiger partial charge < -0.3 is 15.6 Å². The third-order valence-corrected chi connectivity index (χ3v) is 3.08. The lowest BCUT2D eigenvalue weighted by molar-refractivity contribution is 0.262. The SMILES string of the molecule is CCCNC(C)c1cccc(NC(=O)Nc2ncc[nH]2)c1. The number of hydrogen-bond acceptors (Lipinski definition) is 3. The second-order valence-corrected chi connectivity index (χ2v) is 4.82. The molecule has 112 valence electrons. The molecule has 0 bridgehead atoms. The molecule has 0 fully saturated rings. The first kappa shape index (κ1) is 15.1. The molecule has 0 spiro atoms. The minimum Gasteiger partial charge on any atom is -0.331 e. The summed E-state index contributed by atoms with van der Waals surface area (Å²) >= 11 is 0. The summed E-state index contributed by atoms with van der Waals surface area (Å²) in [6.07, 6.45) is 4.32. The second kappa shape index (κ2) is 7.44. The van der Waals surface area contributed by atoms with E-state index >= 15 is 0 Å². The van der Waals surface area contributed by atoms with Crippen LogP contribution in [0.3, 0.4) is 0 Å². The van der Waals surface area contributed by atoms with E-state index in [0.29, 0.717) is 5.95 Å².